The Hall–Kier alpha value is -2.08. The molecule has 2 N–H and O–H groups in total. The molecule has 0 saturated carbocycles. The average Bonchev–Trinajstić information content (AvgIpc) is 2.53. The predicted molar refractivity (Wildman–Crippen MR) is 81.8 cm³/mol. The standard InChI is InChI=1S/C14H15N3O2S/c1-2-5-15-14-17-16-11(9-20-14)10-3-4-12-13(8-10)19-7-6-18-12/h2-4,8-9,16H,1,5-7H2,(H,15,17). The minimum Gasteiger partial charge on any atom is -0.486 e. The van der Waals surface area contributed by atoms with E-state index < -0.39 is 0 Å². The zero-order chi connectivity index (χ0) is 13.8. The van der Waals surface area contributed by atoms with Gasteiger partial charge < -0.3 is 9.47 Å². The van der Waals surface area contributed by atoms with Crippen LogP contribution in [-0.2, 0) is 0 Å². The number of nitrogens with zero attached hydrogens (tertiary/aromatic N) is 1. The smallest absolute Gasteiger partial charge is 0.180 e. The number of benzene rings is 1. The molecule has 2 aliphatic heterocycles. The van der Waals surface area contributed by atoms with E-state index >= 15 is 0 Å². The summed E-state index contributed by atoms with van der Waals surface area (Å²) < 4.78 is 11.1. The molecule has 6 heteroatoms. The Bertz CT molecular complexity index is 584. The van der Waals surface area contributed by atoms with Crippen LogP contribution in [0.15, 0.2) is 41.3 Å². The highest BCUT2D eigenvalue weighted by Crippen LogP contribution is 2.33. The first-order valence-electron chi connectivity index (χ1n) is 6.31. The highest BCUT2D eigenvalue weighted by atomic mass is 32.2. The van der Waals surface area contributed by atoms with E-state index in [4.69, 9.17) is 9.47 Å². The lowest BCUT2D eigenvalue weighted by molar-refractivity contribution is 0.171. The monoisotopic (exact) mass is 289 g/mol. The number of aliphatic imine (C=N–C) groups is 1. The Labute approximate surface area is 121 Å². The summed E-state index contributed by atoms with van der Waals surface area (Å²) in [5.74, 6) is 1.58. The second-order valence-electron chi connectivity index (χ2n) is 4.19. The second kappa shape index (κ2) is 5.92. The van der Waals surface area contributed by atoms with Crippen molar-refractivity contribution in [1.29, 1.82) is 0 Å². The van der Waals surface area contributed by atoms with Gasteiger partial charge in [0.05, 0.1) is 12.2 Å². The van der Waals surface area contributed by atoms with Crippen molar-refractivity contribution in [3.05, 3.63) is 41.8 Å². The van der Waals surface area contributed by atoms with E-state index in [0.717, 1.165) is 27.9 Å². The molecule has 0 amide bonds. The van der Waals surface area contributed by atoms with Crippen LogP contribution in [0.4, 0.5) is 0 Å². The molecule has 104 valence electrons. The van der Waals surface area contributed by atoms with Crippen LogP contribution >= 0.6 is 11.8 Å². The van der Waals surface area contributed by atoms with Crippen molar-refractivity contribution >= 4 is 22.6 Å². The van der Waals surface area contributed by atoms with Gasteiger partial charge in [0.1, 0.15) is 13.2 Å². The molecule has 2 aliphatic rings. The van der Waals surface area contributed by atoms with E-state index in [2.05, 4.69) is 22.4 Å². The Balaban J connectivity index is 1.77. The number of rotatable bonds is 3. The summed E-state index contributed by atoms with van der Waals surface area (Å²) in [4.78, 5) is 4.30. The molecule has 2 heterocycles. The molecule has 20 heavy (non-hydrogen) atoms. The SMILES string of the molecule is C=CCN=C1NNC(c2ccc3c(c2)OCCO3)=CS1. The highest BCUT2D eigenvalue weighted by Gasteiger charge is 2.15. The molecule has 0 aromatic heterocycles. The minimum atomic E-state index is 0.592. The van der Waals surface area contributed by atoms with Crippen LogP contribution in [0.1, 0.15) is 5.56 Å². The van der Waals surface area contributed by atoms with Crippen molar-refractivity contribution < 1.29 is 9.47 Å². The summed E-state index contributed by atoms with van der Waals surface area (Å²) in [6.45, 7) is 5.44. The number of hydrazine groups is 1. The predicted octanol–water partition coefficient (Wildman–Crippen LogP) is 2.14. The fourth-order valence-corrected chi connectivity index (χ4v) is 2.55. The van der Waals surface area contributed by atoms with E-state index in [0.29, 0.717) is 19.8 Å². The fraction of sp³-hybridized carbons (Fsp3) is 0.214. The molecule has 0 spiro atoms. The molecule has 1 aromatic rings. The van der Waals surface area contributed by atoms with Gasteiger partial charge in [-0.15, -0.1) is 6.58 Å². The topological polar surface area (TPSA) is 54.9 Å². The molecule has 0 atom stereocenters. The van der Waals surface area contributed by atoms with Gasteiger partial charge in [-0.3, -0.25) is 15.8 Å². The molecule has 0 radical (unpaired) electrons. The lowest BCUT2D eigenvalue weighted by atomic mass is 10.1. The van der Waals surface area contributed by atoms with Gasteiger partial charge in [-0.1, -0.05) is 17.8 Å². The van der Waals surface area contributed by atoms with Gasteiger partial charge in [0, 0.05) is 11.0 Å². The number of fused-ring (bicyclic) bond motifs is 1. The maximum atomic E-state index is 5.59. The largest absolute Gasteiger partial charge is 0.486 e. The first-order chi connectivity index (χ1) is 9.86. The van der Waals surface area contributed by atoms with Crippen LogP contribution in [0.2, 0.25) is 0 Å². The van der Waals surface area contributed by atoms with Crippen LogP contribution < -0.4 is 20.3 Å². The van der Waals surface area contributed by atoms with Crippen molar-refractivity contribution in [3.8, 4) is 11.5 Å². The first kappa shape index (κ1) is 12.9. The number of thioether (sulfide) groups is 1. The van der Waals surface area contributed by atoms with Crippen molar-refractivity contribution in [2.75, 3.05) is 19.8 Å². The average molecular weight is 289 g/mol. The lowest BCUT2D eigenvalue weighted by Crippen LogP contribution is -2.37. The van der Waals surface area contributed by atoms with Gasteiger partial charge in [-0.2, -0.15) is 0 Å². The minimum absolute atomic E-state index is 0.592. The summed E-state index contributed by atoms with van der Waals surface area (Å²) >= 11 is 1.54. The Morgan fingerprint density at radius 3 is 2.85 bits per heavy atom. The van der Waals surface area contributed by atoms with Crippen molar-refractivity contribution in [2.45, 2.75) is 0 Å². The van der Waals surface area contributed by atoms with E-state index in [9.17, 15) is 0 Å². The third kappa shape index (κ3) is 2.75. The summed E-state index contributed by atoms with van der Waals surface area (Å²) in [7, 11) is 0. The molecule has 3 rings (SSSR count). The zero-order valence-corrected chi connectivity index (χ0v) is 11.7. The molecule has 1 aromatic carbocycles. The van der Waals surface area contributed by atoms with Crippen LogP contribution in [0.3, 0.4) is 0 Å². The van der Waals surface area contributed by atoms with E-state index in [-0.39, 0.29) is 0 Å². The molecule has 0 bridgehead atoms. The summed E-state index contributed by atoms with van der Waals surface area (Å²) in [5, 5.41) is 2.84. The number of hydrogen-bond acceptors (Lipinski definition) is 5. The number of hydrogen-bond donors (Lipinski definition) is 2. The molecule has 0 aliphatic carbocycles. The van der Waals surface area contributed by atoms with Gasteiger partial charge in [0.25, 0.3) is 0 Å². The maximum absolute atomic E-state index is 5.59. The Morgan fingerprint density at radius 1 is 1.25 bits per heavy atom. The Morgan fingerprint density at radius 2 is 2.10 bits per heavy atom. The van der Waals surface area contributed by atoms with Gasteiger partial charge in [-0.05, 0) is 18.2 Å². The van der Waals surface area contributed by atoms with Crippen LogP contribution in [-0.4, -0.2) is 24.9 Å². The molecule has 0 fully saturated rings. The summed E-state index contributed by atoms with van der Waals surface area (Å²) in [5.41, 5.74) is 8.20. The second-order valence-corrected chi connectivity index (χ2v) is 5.05. The summed E-state index contributed by atoms with van der Waals surface area (Å²) in [6.07, 6.45) is 1.76. The molecular weight excluding hydrogens is 274 g/mol. The van der Waals surface area contributed by atoms with E-state index in [1.165, 1.54) is 11.8 Å². The molecule has 0 unspecified atom stereocenters. The van der Waals surface area contributed by atoms with Crippen LogP contribution in [0, 0.1) is 0 Å². The van der Waals surface area contributed by atoms with Crippen molar-refractivity contribution in [1.82, 2.24) is 10.9 Å². The summed E-state index contributed by atoms with van der Waals surface area (Å²) in [6, 6.07) is 5.90. The van der Waals surface area contributed by atoms with Crippen LogP contribution in [0.5, 0.6) is 11.5 Å². The third-order valence-electron chi connectivity index (χ3n) is 2.81. The van der Waals surface area contributed by atoms with Gasteiger partial charge in [-0.25, -0.2) is 0 Å². The van der Waals surface area contributed by atoms with Gasteiger partial charge in [0.2, 0.25) is 0 Å². The third-order valence-corrected chi connectivity index (χ3v) is 3.62. The molecule has 0 saturated heterocycles. The van der Waals surface area contributed by atoms with E-state index in [1.807, 2.05) is 23.6 Å². The number of ether oxygens (including phenoxy) is 2. The van der Waals surface area contributed by atoms with E-state index in [1.54, 1.807) is 6.08 Å². The number of amidine groups is 1. The first-order valence-corrected chi connectivity index (χ1v) is 7.19. The highest BCUT2D eigenvalue weighted by molar-refractivity contribution is 8.16. The molecular formula is C14H15N3O2S. The fourth-order valence-electron chi connectivity index (χ4n) is 1.87. The van der Waals surface area contributed by atoms with Crippen molar-refractivity contribution in [2.24, 2.45) is 4.99 Å². The van der Waals surface area contributed by atoms with Gasteiger partial charge in [0.15, 0.2) is 16.7 Å². The maximum Gasteiger partial charge on any atom is 0.180 e. The zero-order valence-electron chi connectivity index (χ0n) is 10.9. The van der Waals surface area contributed by atoms with Crippen LogP contribution in [0.25, 0.3) is 5.70 Å². The normalized spacial score (nSPS) is 18.8. The van der Waals surface area contributed by atoms with Gasteiger partial charge >= 0.3 is 0 Å². The Kier molecular flexibility index (Phi) is 3.83. The molecule has 5 nitrogen and oxygen atoms in total. The quantitative estimate of drug-likeness (QED) is 0.835. The number of nitrogens with one attached hydrogen (secondary N) is 2. The lowest BCUT2D eigenvalue weighted by Gasteiger charge is -2.22. The van der Waals surface area contributed by atoms with Crippen molar-refractivity contribution in [3.63, 3.8) is 0 Å².